The van der Waals surface area contributed by atoms with Gasteiger partial charge in [-0.2, -0.15) is 5.10 Å². The maximum atomic E-state index is 8.68. The van der Waals surface area contributed by atoms with E-state index in [1.165, 1.54) is 11.8 Å². The number of piperidine rings is 1. The van der Waals surface area contributed by atoms with Gasteiger partial charge in [0, 0.05) is 41.0 Å². The first kappa shape index (κ1) is 24.3. The predicted molar refractivity (Wildman–Crippen MR) is 134 cm³/mol. The Hall–Kier alpha value is -2.32. The van der Waals surface area contributed by atoms with Gasteiger partial charge in [-0.15, -0.1) is 0 Å². The molecule has 1 saturated heterocycles. The highest BCUT2D eigenvalue weighted by Gasteiger charge is 2.39. The lowest BCUT2D eigenvalue weighted by Gasteiger charge is -2.49. The number of hydrogen-bond acceptors (Lipinski definition) is 6. The van der Waals surface area contributed by atoms with Gasteiger partial charge in [-0.1, -0.05) is 6.07 Å². The van der Waals surface area contributed by atoms with Crippen LogP contribution < -0.4 is 10.1 Å². The van der Waals surface area contributed by atoms with Crippen LogP contribution in [0.5, 0.6) is 5.75 Å². The van der Waals surface area contributed by atoms with Crippen molar-refractivity contribution in [2.75, 3.05) is 14.2 Å². The summed E-state index contributed by atoms with van der Waals surface area (Å²) in [5.41, 5.74) is 4.67. The maximum Gasteiger partial charge on any atom is 0.162 e. The standard InChI is InChI=1S/C24H36N6OS/c1-14-20(15(2)28-27-14)16-9-10-18(19(11-16)31-8)21(25)32-22(26)30(7)17-12-23(3,4)29-24(5,6)13-17/h9-11,17,25-26,29H,12-13H2,1-8H3,(H,27,28). The first-order valence-electron chi connectivity index (χ1n) is 10.9. The number of nitrogens with zero attached hydrogens (tertiary/aromatic N) is 2. The van der Waals surface area contributed by atoms with Crippen molar-refractivity contribution >= 4 is 22.0 Å². The van der Waals surface area contributed by atoms with Gasteiger partial charge in [-0.25, -0.2) is 0 Å². The van der Waals surface area contributed by atoms with Crippen molar-refractivity contribution < 1.29 is 4.74 Å². The SMILES string of the molecule is COc1cc(-c2c(C)n[nH]c2C)ccc1C(=N)SC(=N)N(C)C1CC(C)(C)NC(C)(C)C1. The first-order valence-corrected chi connectivity index (χ1v) is 11.7. The summed E-state index contributed by atoms with van der Waals surface area (Å²) < 4.78 is 5.62. The Morgan fingerprint density at radius 1 is 1.16 bits per heavy atom. The number of rotatable bonds is 4. The van der Waals surface area contributed by atoms with Crippen LogP contribution in [-0.4, -0.2) is 56.6 Å². The lowest BCUT2D eigenvalue weighted by molar-refractivity contribution is 0.114. The molecular formula is C24H36N6OS. The highest BCUT2D eigenvalue weighted by Crippen LogP contribution is 2.34. The molecule has 174 valence electrons. The smallest absolute Gasteiger partial charge is 0.162 e. The fraction of sp³-hybridized carbons (Fsp3) is 0.542. The molecule has 0 aliphatic carbocycles. The summed E-state index contributed by atoms with van der Waals surface area (Å²) in [5.74, 6) is 0.625. The molecule has 1 aromatic heterocycles. The second-order valence-electron chi connectivity index (χ2n) is 10.0. The Balaban J connectivity index is 1.77. The van der Waals surface area contributed by atoms with Crippen LogP contribution in [0.1, 0.15) is 57.5 Å². The van der Waals surface area contributed by atoms with E-state index in [0.717, 1.165) is 35.4 Å². The van der Waals surface area contributed by atoms with Gasteiger partial charge in [0.15, 0.2) is 5.17 Å². The Bertz CT molecular complexity index is 990. The summed E-state index contributed by atoms with van der Waals surface area (Å²) in [6.45, 7) is 12.8. The Morgan fingerprint density at radius 2 is 1.78 bits per heavy atom. The maximum absolute atomic E-state index is 8.68. The van der Waals surface area contributed by atoms with E-state index in [1.54, 1.807) is 7.11 Å². The van der Waals surface area contributed by atoms with Crippen molar-refractivity contribution in [2.45, 2.75) is 71.5 Å². The molecule has 4 N–H and O–H groups in total. The minimum atomic E-state index is 0.00152. The highest BCUT2D eigenvalue weighted by molar-refractivity contribution is 8.26. The number of amidine groups is 1. The quantitative estimate of drug-likeness (QED) is 0.386. The molecule has 2 aromatic rings. The molecule has 0 spiro atoms. The Labute approximate surface area is 195 Å². The topological polar surface area (TPSA) is 101 Å². The van der Waals surface area contributed by atoms with Gasteiger partial charge >= 0.3 is 0 Å². The zero-order valence-corrected chi connectivity index (χ0v) is 21.3. The number of benzene rings is 1. The van der Waals surface area contributed by atoms with Crippen molar-refractivity contribution in [2.24, 2.45) is 0 Å². The van der Waals surface area contributed by atoms with E-state index in [0.29, 0.717) is 21.5 Å². The Kier molecular flexibility index (Phi) is 6.77. The van der Waals surface area contributed by atoms with E-state index in [-0.39, 0.29) is 17.1 Å². The van der Waals surface area contributed by atoms with E-state index >= 15 is 0 Å². The molecule has 0 radical (unpaired) electrons. The van der Waals surface area contributed by atoms with Gasteiger partial charge in [0.2, 0.25) is 0 Å². The third-order valence-electron chi connectivity index (χ3n) is 6.10. The summed E-state index contributed by atoms with van der Waals surface area (Å²) in [4.78, 5) is 2.02. The normalized spacial score (nSPS) is 17.8. The lowest BCUT2D eigenvalue weighted by Crippen LogP contribution is -2.62. The van der Waals surface area contributed by atoms with Crippen molar-refractivity contribution in [3.63, 3.8) is 0 Å². The number of methoxy groups -OCH3 is 1. The number of aryl methyl sites for hydroxylation is 2. The molecule has 1 aliphatic rings. The number of hydrogen-bond donors (Lipinski definition) is 4. The number of aromatic amines is 1. The van der Waals surface area contributed by atoms with Crippen LogP contribution in [0.15, 0.2) is 18.2 Å². The van der Waals surface area contributed by atoms with Gasteiger partial charge in [-0.3, -0.25) is 15.9 Å². The molecule has 32 heavy (non-hydrogen) atoms. The van der Waals surface area contributed by atoms with Crippen LogP contribution in [0, 0.1) is 24.7 Å². The van der Waals surface area contributed by atoms with E-state index in [4.69, 9.17) is 15.6 Å². The summed E-state index contributed by atoms with van der Waals surface area (Å²) in [6.07, 6.45) is 1.90. The highest BCUT2D eigenvalue weighted by atomic mass is 32.2. The predicted octanol–water partition coefficient (Wildman–Crippen LogP) is 4.94. The van der Waals surface area contributed by atoms with Gasteiger partial charge in [0.25, 0.3) is 0 Å². The summed E-state index contributed by atoms with van der Waals surface area (Å²) in [7, 11) is 3.59. The Morgan fingerprint density at radius 3 is 2.31 bits per heavy atom. The second kappa shape index (κ2) is 8.90. The van der Waals surface area contributed by atoms with E-state index in [9.17, 15) is 0 Å². The molecule has 0 atom stereocenters. The minimum absolute atomic E-state index is 0.00152. The molecule has 0 amide bonds. The number of thioether (sulfide) groups is 1. The first-order chi connectivity index (χ1) is 14.8. The largest absolute Gasteiger partial charge is 0.496 e. The van der Waals surface area contributed by atoms with Crippen molar-refractivity contribution in [3.05, 3.63) is 35.2 Å². The fourth-order valence-electron chi connectivity index (χ4n) is 4.94. The number of H-pyrrole nitrogens is 1. The van der Waals surface area contributed by atoms with Crippen molar-refractivity contribution in [1.82, 2.24) is 20.4 Å². The zero-order chi connectivity index (χ0) is 23.8. The molecule has 0 unspecified atom stereocenters. The number of nitrogens with one attached hydrogen (secondary N) is 4. The van der Waals surface area contributed by atoms with Crippen LogP contribution in [0.25, 0.3) is 11.1 Å². The molecule has 0 bridgehead atoms. The van der Waals surface area contributed by atoms with Gasteiger partial charge < -0.3 is 15.0 Å². The third-order valence-corrected chi connectivity index (χ3v) is 7.00. The molecule has 2 heterocycles. The number of ether oxygens (including phenoxy) is 1. The van der Waals surface area contributed by atoms with Crippen LogP contribution >= 0.6 is 11.8 Å². The summed E-state index contributed by atoms with van der Waals surface area (Å²) >= 11 is 1.17. The molecular weight excluding hydrogens is 420 g/mol. The second-order valence-corrected chi connectivity index (χ2v) is 11.0. The summed E-state index contributed by atoms with van der Waals surface area (Å²) in [6, 6.07) is 6.08. The number of aromatic nitrogens is 2. The van der Waals surface area contributed by atoms with E-state index < -0.39 is 0 Å². The van der Waals surface area contributed by atoms with E-state index in [1.807, 2.05) is 44.0 Å². The van der Waals surface area contributed by atoms with Gasteiger partial charge in [0.05, 0.1) is 12.8 Å². The third kappa shape index (κ3) is 5.18. The zero-order valence-electron chi connectivity index (χ0n) is 20.4. The molecule has 1 aliphatic heterocycles. The molecule has 1 fully saturated rings. The average Bonchev–Trinajstić information content (AvgIpc) is 3.02. The van der Waals surface area contributed by atoms with Gasteiger partial charge in [0.1, 0.15) is 10.8 Å². The average molecular weight is 457 g/mol. The van der Waals surface area contributed by atoms with Crippen LogP contribution in [0.2, 0.25) is 0 Å². The van der Waals surface area contributed by atoms with Crippen LogP contribution in [0.4, 0.5) is 0 Å². The van der Waals surface area contributed by atoms with Crippen LogP contribution in [0.3, 0.4) is 0 Å². The van der Waals surface area contributed by atoms with Crippen molar-refractivity contribution in [3.8, 4) is 16.9 Å². The van der Waals surface area contributed by atoms with E-state index in [2.05, 4.69) is 43.2 Å². The molecule has 0 saturated carbocycles. The lowest BCUT2D eigenvalue weighted by atomic mass is 9.79. The molecule has 7 nitrogen and oxygen atoms in total. The fourth-order valence-corrected chi connectivity index (χ4v) is 5.71. The molecule has 1 aromatic carbocycles. The van der Waals surface area contributed by atoms with Crippen LogP contribution in [-0.2, 0) is 0 Å². The minimum Gasteiger partial charge on any atom is -0.496 e. The summed E-state index contributed by atoms with van der Waals surface area (Å²) in [5, 5.41) is 29.0. The molecule has 3 rings (SSSR count). The van der Waals surface area contributed by atoms with Gasteiger partial charge in [-0.05, 0) is 83.8 Å². The monoisotopic (exact) mass is 456 g/mol. The molecule has 8 heteroatoms. The van der Waals surface area contributed by atoms with Crippen molar-refractivity contribution in [1.29, 1.82) is 10.8 Å².